The van der Waals surface area contributed by atoms with Crippen LogP contribution < -0.4 is 4.74 Å². The van der Waals surface area contributed by atoms with Gasteiger partial charge in [0.25, 0.3) is 0 Å². The van der Waals surface area contributed by atoms with Crippen molar-refractivity contribution in [2.75, 3.05) is 13.7 Å². The first-order chi connectivity index (χ1) is 9.63. The second-order valence-corrected chi connectivity index (χ2v) is 4.66. The molecule has 104 valence electrons. The molecule has 0 aliphatic heterocycles. The SMILES string of the molecule is COc1ccc(Cn2cc(Cl)c(C)n2)cc1C#CCO. The first-order valence-electron chi connectivity index (χ1n) is 6.10. The van der Waals surface area contributed by atoms with Crippen LogP contribution >= 0.6 is 11.6 Å². The lowest BCUT2D eigenvalue weighted by molar-refractivity contribution is 0.350. The second-order valence-electron chi connectivity index (χ2n) is 4.25. The summed E-state index contributed by atoms with van der Waals surface area (Å²) in [6.45, 7) is 2.29. The number of nitrogens with zero attached hydrogens (tertiary/aromatic N) is 2. The second kappa shape index (κ2) is 6.47. The molecule has 1 aromatic heterocycles. The molecule has 1 heterocycles. The topological polar surface area (TPSA) is 47.3 Å². The van der Waals surface area contributed by atoms with Crippen LogP contribution in [0, 0.1) is 18.8 Å². The van der Waals surface area contributed by atoms with Crippen molar-refractivity contribution < 1.29 is 9.84 Å². The maximum Gasteiger partial charge on any atom is 0.134 e. The predicted octanol–water partition coefficient (Wildman–Crippen LogP) is 2.25. The minimum Gasteiger partial charge on any atom is -0.495 e. The number of aliphatic hydroxyl groups is 1. The maximum absolute atomic E-state index is 8.79. The summed E-state index contributed by atoms with van der Waals surface area (Å²) in [7, 11) is 1.59. The number of benzene rings is 1. The van der Waals surface area contributed by atoms with Gasteiger partial charge in [-0.1, -0.05) is 29.5 Å². The summed E-state index contributed by atoms with van der Waals surface area (Å²) in [4.78, 5) is 0. The molecule has 20 heavy (non-hydrogen) atoms. The van der Waals surface area contributed by atoms with Gasteiger partial charge in [0.05, 0.1) is 29.9 Å². The van der Waals surface area contributed by atoms with Crippen LogP contribution in [0.15, 0.2) is 24.4 Å². The molecule has 0 saturated carbocycles. The molecule has 0 aliphatic rings. The van der Waals surface area contributed by atoms with Crippen LogP contribution in [-0.2, 0) is 6.54 Å². The standard InChI is InChI=1S/C15H15ClN2O2/c1-11-14(16)10-18(17-11)9-12-5-6-15(20-2)13(8-12)4-3-7-19/h5-6,8,10,19H,7,9H2,1-2H3. The van der Waals surface area contributed by atoms with Gasteiger partial charge in [0.1, 0.15) is 12.4 Å². The minimum absolute atomic E-state index is 0.179. The highest BCUT2D eigenvalue weighted by Crippen LogP contribution is 2.20. The molecule has 0 fully saturated rings. The van der Waals surface area contributed by atoms with E-state index in [2.05, 4.69) is 16.9 Å². The zero-order valence-corrected chi connectivity index (χ0v) is 12.1. The fourth-order valence-electron chi connectivity index (χ4n) is 1.85. The summed E-state index contributed by atoms with van der Waals surface area (Å²) >= 11 is 5.99. The van der Waals surface area contributed by atoms with Gasteiger partial charge in [0.15, 0.2) is 0 Å². The average Bonchev–Trinajstić information content (AvgIpc) is 2.75. The highest BCUT2D eigenvalue weighted by atomic mass is 35.5. The Balaban J connectivity index is 2.28. The molecule has 0 spiro atoms. The monoisotopic (exact) mass is 290 g/mol. The van der Waals surface area contributed by atoms with Gasteiger partial charge < -0.3 is 9.84 Å². The molecule has 0 saturated heterocycles. The molecule has 0 unspecified atom stereocenters. The molecule has 0 aliphatic carbocycles. The largest absolute Gasteiger partial charge is 0.495 e. The van der Waals surface area contributed by atoms with E-state index in [4.69, 9.17) is 21.4 Å². The van der Waals surface area contributed by atoms with E-state index in [1.54, 1.807) is 18.0 Å². The van der Waals surface area contributed by atoms with Crippen molar-refractivity contribution in [3.63, 3.8) is 0 Å². The summed E-state index contributed by atoms with van der Waals surface area (Å²) in [5.74, 6) is 6.19. The third kappa shape index (κ3) is 3.32. The summed E-state index contributed by atoms with van der Waals surface area (Å²) in [6.07, 6.45) is 1.79. The zero-order valence-electron chi connectivity index (χ0n) is 11.4. The van der Waals surface area contributed by atoms with Crippen molar-refractivity contribution >= 4 is 11.6 Å². The van der Waals surface area contributed by atoms with E-state index >= 15 is 0 Å². The van der Waals surface area contributed by atoms with E-state index in [9.17, 15) is 0 Å². The summed E-state index contributed by atoms with van der Waals surface area (Å²) in [6, 6.07) is 5.73. The Hall–Kier alpha value is -1.96. The maximum atomic E-state index is 8.79. The van der Waals surface area contributed by atoms with Crippen molar-refractivity contribution in [2.45, 2.75) is 13.5 Å². The van der Waals surface area contributed by atoms with Crippen molar-refractivity contribution in [3.8, 4) is 17.6 Å². The molecule has 2 aromatic rings. The predicted molar refractivity (Wildman–Crippen MR) is 78.0 cm³/mol. The fraction of sp³-hybridized carbons (Fsp3) is 0.267. The Morgan fingerprint density at radius 1 is 1.45 bits per heavy atom. The van der Waals surface area contributed by atoms with Crippen LogP contribution in [0.25, 0.3) is 0 Å². The molecule has 5 heteroatoms. The number of hydrogen-bond donors (Lipinski definition) is 1. The molecule has 2 rings (SSSR count). The molecule has 0 atom stereocenters. The Kier molecular flexibility index (Phi) is 4.67. The van der Waals surface area contributed by atoms with Crippen molar-refractivity contribution in [2.24, 2.45) is 0 Å². The van der Waals surface area contributed by atoms with Gasteiger partial charge in [-0.3, -0.25) is 4.68 Å². The third-order valence-corrected chi connectivity index (χ3v) is 3.17. The number of aromatic nitrogens is 2. The molecule has 0 radical (unpaired) electrons. The fourth-order valence-corrected chi connectivity index (χ4v) is 2.00. The first kappa shape index (κ1) is 14.4. The van der Waals surface area contributed by atoms with Crippen LogP contribution in [0.3, 0.4) is 0 Å². The van der Waals surface area contributed by atoms with Gasteiger partial charge in [-0.2, -0.15) is 5.10 Å². The Bertz CT molecular complexity index is 649. The van der Waals surface area contributed by atoms with Crippen LogP contribution in [0.4, 0.5) is 0 Å². The summed E-state index contributed by atoms with van der Waals surface area (Å²) in [5, 5.41) is 13.8. The molecule has 1 aromatic carbocycles. The number of aryl methyl sites for hydroxylation is 1. The average molecular weight is 291 g/mol. The number of ether oxygens (including phenoxy) is 1. The van der Waals surface area contributed by atoms with Crippen molar-refractivity contribution in [1.29, 1.82) is 0 Å². The highest BCUT2D eigenvalue weighted by Gasteiger charge is 2.05. The molecular weight excluding hydrogens is 276 g/mol. The quantitative estimate of drug-likeness (QED) is 0.882. The lowest BCUT2D eigenvalue weighted by Gasteiger charge is -2.07. The number of hydrogen-bond acceptors (Lipinski definition) is 3. The number of rotatable bonds is 3. The Morgan fingerprint density at radius 2 is 2.25 bits per heavy atom. The van der Waals surface area contributed by atoms with Crippen molar-refractivity contribution in [3.05, 3.63) is 46.2 Å². The van der Waals surface area contributed by atoms with Crippen LogP contribution in [-0.4, -0.2) is 28.6 Å². The van der Waals surface area contributed by atoms with E-state index in [1.165, 1.54) is 0 Å². The smallest absolute Gasteiger partial charge is 0.134 e. The minimum atomic E-state index is -0.179. The van der Waals surface area contributed by atoms with Gasteiger partial charge in [0.2, 0.25) is 0 Å². The van der Waals surface area contributed by atoms with Gasteiger partial charge in [-0.25, -0.2) is 0 Å². The van der Waals surface area contributed by atoms with Crippen LogP contribution in [0.5, 0.6) is 5.75 Å². The van der Waals surface area contributed by atoms with E-state index in [-0.39, 0.29) is 6.61 Å². The summed E-state index contributed by atoms with van der Waals surface area (Å²) < 4.78 is 7.02. The van der Waals surface area contributed by atoms with E-state index in [0.29, 0.717) is 17.3 Å². The van der Waals surface area contributed by atoms with E-state index in [1.807, 2.05) is 25.1 Å². The molecule has 4 nitrogen and oxygen atoms in total. The number of halogens is 1. The molecular formula is C15H15ClN2O2. The van der Waals surface area contributed by atoms with Gasteiger partial charge in [-0.15, -0.1) is 0 Å². The number of aliphatic hydroxyl groups excluding tert-OH is 1. The third-order valence-electron chi connectivity index (χ3n) is 2.80. The van der Waals surface area contributed by atoms with Crippen LogP contribution in [0.2, 0.25) is 5.02 Å². The van der Waals surface area contributed by atoms with E-state index in [0.717, 1.165) is 16.8 Å². The van der Waals surface area contributed by atoms with Gasteiger partial charge in [-0.05, 0) is 24.6 Å². The molecule has 1 N–H and O–H groups in total. The Labute approximate surface area is 122 Å². The lowest BCUT2D eigenvalue weighted by Crippen LogP contribution is -2.01. The lowest BCUT2D eigenvalue weighted by atomic mass is 10.1. The van der Waals surface area contributed by atoms with E-state index < -0.39 is 0 Å². The van der Waals surface area contributed by atoms with Crippen LogP contribution in [0.1, 0.15) is 16.8 Å². The number of methoxy groups -OCH3 is 1. The molecule has 0 amide bonds. The van der Waals surface area contributed by atoms with Crippen molar-refractivity contribution in [1.82, 2.24) is 9.78 Å². The highest BCUT2D eigenvalue weighted by molar-refractivity contribution is 6.31. The normalized spacial score (nSPS) is 10.0. The van der Waals surface area contributed by atoms with Gasteiger partial charge in [0, 0.05) is 6.20 Å². The molecule has 0 bridgehead atoms. The first-order valence-corrected chi connectivity index (χ1v) is 6.48. The zero-order chi connectivity index (χ0) is 14.5. The Morgan fingerprint density at radius 3 is 2.85 bits per heavy atom. The van der Waals surface area contributed by atoms with Gasteiger partial charge >= 0.3 is 0 Å². The summed E-state index contributed by atoms with van der Waals surface area (Å²) in [5.41, 5.74) is 2.58.